The topological polar surface area (TPSA) is 32.8 Å². The van der Waals surface area contributed by atoms with Crippen molar-refractivity contribution in [1.82, 2.24) is 9.80 Å². The van der Waals surface area contributed by atoms with Crippen molar-refractivity contribution in [2.75, 3.05) is 33.0 Å². The zero-order valence-corrected chi connectivity index (χ0v) is 13.2. The van der Waals surface area contributed by atoms with Gasteiger partial charge in [-0.25, -0.2) is 0 Å². The van der Waals surface area contributed by atoms with Crippen LogP contribution in [0.15, 0.2) is 22.4 Å². The maximum Gasteiger partial charge on any atom is 0.267 e. The fourth-order valence-electron chi connectivity index (χ4n) is 2.07. The fourth-order valence-corrected chi connectivity index (χ4v) is 4.03. The Hall–Kier alpha value is -0.730. The summed E-state index contributed by atoms with van der Waals surface area (Å²) >= 11 is 8.34. The lowest BCUT2D eigenvalue weighted by molar-refractivity contribution is -0.124. The zero-order valence-electron chi connectivity index (χ0n) is 10.8. The largest absolute Gasteiger partial charge is 0.379 e. The Bertz CT molecular complexity index is 536. The number of thioether (sulfide) groups is 1. The monoisotopic (exact) mass is 326 g/mol. The summed E-state index contributed by atoms with van der Waals surface area (Å²) in [5.74, 6) is 0.0138. The average Bonchev–Trinajstić information content (AvgIpc) is 3.05. The predicted molar refractivity (Wildman–Crippen MR) is 86.6 cm³/mol. The van der Waals surface area contributed by atoms with E-state index in [0.29, 0.717) is 15.9 Å². The first kappa shape index (κ1) is 14.2. The Balaban J connectivity index is 1.70. The van der Waals surface area contributed by atoms with E-state index in [9.17, 15) is 4.79 Å². The Morgan fingerprint density at radius 2 is 2.20 bits per heavy atom. The second kappa shape index (κ2) is 6.36. The number of carbonyl (C=O) groups excluding carboxylic acids is 1. The molecule has 1 aromatic heterocycles. The van der Waals surface area contributed by atoms with E-state index in [4.69, 9.17) is 17.0 Å². The van der Waals surface area contributed by atoms with Crippen LogP contribution in [0.1, 0.15) is 4.88 Å². The SMILES string of the molecule is O=C1/C(=C\c2cccs2)SC(=S)N1CN1CCOCC1. The maximum atomic E-state index is 12.4. The third-order valence-electron chi connectivity index (χ3n) is 3.14. The highest BCUT2D eigenvalue weighted by atomic mass is 32.2. The zero-order chi connectivity index (χ0) is 13.9. The molecule has 2 fully saturated rings. The van der Waals surface area contributed by atoms with E-state index in [1.54, 1.807) is 16.2 Å². The average molecular weight is 326 g/mol. The molecule has 3 rings (SSSR count). The molecule has 0 atom stereocenters. The molecule has 1 aromatic rings. The van der Waals surface area contributed by atoms with E-state index in [0.717, 1.165) is 31.2 Å². The van der Waals surface area contributed by atoms with E-state index in [1.807, 2.05) is 23.6 Å². The van der Waals surface area contributed by atoms with Gasteiger partial charge in [0.1, 0.15) is 4.32 Å². The molecule has 0 radical (unpaired) electrons. The standard InChI is InChI=1S/C13H14N2O2S3/c16-12-11(8-10-2-1-7-19-10)20-13(18)15(12)9-14-3-5-17-6-4-14/h1-2,7-8H,3-6,9H2/b11-8+. The molecule has 0 aliphatic carbocycles. The van der Waals surface area contributed by atoms with Crippen LogP contribution in [0.2, 0.25) is 0 Å². The van der Waals surface area contributed by atoms with Gasteiger partial charge in [-0.2, -0.15) is 0 Å². The summed E-state index contributed by atoms with van der Waals surface area (Å²) in [7, 11) is 0. The van der Waals surface area contributed by atoms with Gasteiger partial charge in [0.05, 0.1) is 24.8 Å². The first-order valence-corrected chi connectivity index (χ1v) is 8.43. The van der Waals surface area contributed by atoms with Crippen LogP contribution in [0, 0.1) is 0 Å². The van der Waals surface area contributed by atoms with Gasteiger partial charge in [0.15, 0.2) is 0 Å². The molecule has 2 aliphatic heterocycles. The number of ether oxygens (including phenoxy) is 1. The second-order valence-corrected chi connectivity index (χ2v) is 7.15. The van der Waals surface area contributed by atoms with E-state index in [1.165, 1.54) is 11.8 Å². The number of nitrogens with zero attached hydrogens (tertiary/aromatic N) is 2. The summed E-state index contributed by atoms with van der Waals surface area (Å²) in [6.07, 6.45) is 1.92. The predicted octanol–water partition coefficient (Wildman–Crippen LogP) is 2.24. The van der Waals surface area contributed by atoms with Gasteiger partial charge in [-0.3, -0.25) is 14.6 Å². The van der Waals surface area contributed by atoms with Crippen molar-refractivity contribution in [3.05, 3.63) is 27.3 Å². The molecular weight excluding hydrogens is 312 g/mol. The number of hydrogen-bond acceptors (Lipinski definition) is 6. The quantitative estimate of drug-likeness (QED) is 0.628. The van der Waals surface area contributed by atoms with Gasteiger partial charge in [-0.15, -0.1) is 11.3 Å². The Morgan fingerprint density at radius 3 is 2.90 bits per heavy atom. The van der Waals surface area contributed by atoms with Crippen molar-refractivity contribution in [3.8, 4) is 0 Å². The van der Waals surface area contributed by atoms with Gasteiger partial charge in [0, 0.05) is 18.0 Å². The molecule has 0 bridgehead atoms. The van der Waals surface area contributed by atoms with Crippen LogP contribution in [0.4, 0.5) is 0 Å². The summed E-state index contributed by atoms with van der Waals surface area (Å²) in [5, 5.41) is 2.00. The van der Waals surface area contributed by atoms with E-state index in [-0.39, 0.29) is 5.91 Å². The molecule has 7 heteroatoms. The smallest absolute Gasteiger partial charge is 0.267 e. The molecule has 0 N–H and O–H groups in total. The molecule has 3 heterocycles. The molecule has 0 spiro atoms. The van der Waals surface area contributed by atoms with E-state index >= 15 is 0 Å². The Labute approximate surface area is 131 Å². The van der Waals surface area contributed by atoms with Gasteiger partial charge in [0.2, 0.25) is 0 Å². The normalized spacial score (nSPS) is 23.0. The third kappa shape index (κ3) is 3.12. The molecule has 20 heavy (non-hydrogen) atoms. The summed E-state index contributed by atoms with van der Waals surface area (Å²) in [6.45, 7) is 3.71. The highest BCUT2D eigenvalue weighted by Gasteiger charge is 2.33. The van der Waals surface area contributed by atoms with E-state index < -0.39 is 0 Å². The van der Waals surface area contributed by atoms with Crippen molar-refractivity contribution in [3.63, 3.8) is 0 Å². The number of morpholine rings is 1. The number of amides is 1. The number of thiocarbonyl (C=S) groups is 1. The summed E-state index contributed by atoms with van der Waals surface area (Å²) < 4.78 is 5.96. The minimum absolute atomic E-state index is 0.0138. The lowest BCUT2D eigenvalue weighted by atomic mass is 10.4. The molecule has 1 amide bonds. The van der Waals surface area contributed by atoms with Gasteiger partial charge in [-0.1, -0.05) is 30.0 Å². The molecule has 106 valence electrons. The third-order valence-corrected chi connectivity index (χ3v) is 5.33. The molecule has 2 aliphatic rings. The van der Waals surface area contributed by atoms with Crippen LogP contribution in [-0.4, -0.2) is 53.0 Å². The molecule has 2 saturated heterocycles. The van der Waals surface area contributed by atoms with Crippen molar-refractivity contribution in [2.45, 2.75) is 0 Å². The summed E-state index contributed by atoms with van der Waals surface area (Å²) in [4.78, 5) is 18.1. The van der Waals surface area contributed by atoms with Crippen LogP contribution in [0.5, 0.6) is 0 Å². The minimum atomic E-state index is 0.0138. The minimum Gasteiger partial charge on any atom is -0.379 e. The Morgan fingerprint density at radius 1 is 1.40 bits per heavy atom. The van der Waals surface area contributed by atoms with Gasteiger partial charge in [-0.05, 0) is 17.5 Å². The lowest BCUT2D eigenvalue weighted by Gasteiger charge is -2.29. The van der Waals surface area contributed by atoms with Crippen molar-refractivity contribution in [1.29, 1.82) is 0 Å². The van der Waals surface area contributed by atoms with Crippen molar-refractivity contribution < 1.29 is 9.53 Å². The van der Waals surface area contributed by atoms with Crippen LogP contribution in [-0.2, 0) is 9.53 Å². The lowest BCUT2D eigenvalue weighted by Crippen LogP contribution is -2.45. The molecule has 0 aromatic carbocycles. The second-order valence-electron chi connectivity index (χ2n) is 4.50. The van der Waals surface area contributed by atoms with Crippen LogP contribution in [0.3, 0.4) is 0 Å². The number of thiophene rings is 1. The molecular formula is C13H14N2O2S3. The van der Waals surface area contributed by atoms with Crippen LogP contribution < -0.4 is 0 Å². The van der Waals surface area contributed by atoms with Crippen LogP contribution >= 0.6 is 35.3 Å². The Kier molecular flexibility index (Phi) is 4.52. The van der Waals surface area contributed by atoms with Crippen LogP contribution in [0.25, 0.3) is 6.08 Å². The maximum absolute atomic E-state index is 12.4. The molecule has 0 unspecified atom stereocenters. The van der Waals surface area contributed by atoms with Crippen molar-refractivity contribution in [2.24, 2.45) is 0 Å². The molecule has 4 nitrogen and oxygen atoms in total. The fraction of sp³-hybridized carbons (Fsp3) is 0.385. The first-order valence-electron chi connectivity index (χ1n) is 6.33. The summed E-state index contributed by atoms with van der Waals surface area (Å²) in [6, 6.07) is 3.98. The van der Waals surface area contributed by atoms with Gasteiger partial charge >= 0.3 is 0 Å². The number of carbonyl (C=O) groups is 1. The van der Waals surface area contributed by atoms with Gasteiger partial charge in [0.25, 0.3) is 5.91 Å². The highest BCUT2D eigenvalue weighted by molar-refractivity contribution is 8.26. The summed E-state index contributed by atoms with van der Waals surface area (Å²) in [5.41, 5.74) is 0. The highest BCUT2D eigenvalue weighted by Crippen LogP contribution is 2.33. The number of rotatable bonds is 3. The number of hydrogen-bond donors (Lipinski definition) is 0. The van der Waals surface area contributed by atoms with Gasteiger partial charge < -0.3 is 4.74 Å². The van der Waals surface area contributed by atoms with Crippen molar-refractivity contribution >= 4 is 51.6 Å². The first-order chi connectivity index (χ1) is 9.74. The van der Waals surface area contributed by atoms with E-state index in [2.05, 4.69) is 4.90 Å². The molecule has 0 saturated carbocycles.